The van der Waals surface area contributed by atoms with Crippen molar-refractivity contribution in [1.29, 1.82) is 0 Å². The summed E-state index contributed by atoms with van der Waals surface area (Å²) in [5, 5.41) is 22.6. The normalized spacial score (nSPS) is 12.9. The first-order valence-electron chi connectivity index (χ1n) is 8.13. The van der Waals surface area contributed by atoms with E-state index < -0.39 is 18.3 Å². The Morgan fingerprint density at radius 1 is 1.08 bits per heavy atom. The van der Waals surface area contributed by atoms with Crippen LogP contribution in [0.4, 0.5) is 4.79 Å². The number of hydrogen-bond acceptors (Lipinski definition) is 5. The maximum atomic E-state index is 11.7. The van der Waals surface area contributed by atoms with Crippen molar-refractivity contribution in [1.82, 2.24) is 5.32 Å². The van der Waals surface area contributed by atoms with E-state index in [2.05, 4.69) is 5.32 Å². The van der Waals surface area contributed by atoms with Crippen LogP contribution < -0.4 is 10.1 Å². The number of rotatable bonds is 8. The number of carbonyl (C=O) groups excluding carboxylic acids is 1. The molecule has 6 heteroatoms. The number of benzene rings is 2. The fraction of sp³-hybridized carbons (Fsp3) is 0.316. The molecule has 0 radical (unpaired) electrons. The molecule has 2 aromatic rings. The summed E-state index contributed by atoms with van der Waals surface area (Å²) in [6.07, 6.45) is -2.92. The summed E-state index contributed by atoms with van der Waals surface area (Å²) in [5.74, 6) is 0.690. The molecule has 2 aromatic carbocycles. The topological polar surface area (TPSA) is 88.0 Å². The van der Waals surface area contributed by atoms with Crippen LogP contribution in [-0.4, -0.2) is 35.6 Å². The minimum absolute atomic E-state index is 0.123. The van der Waals surface area contributed by atoms with Crippen molar-refractivity contribution in [3.8, 4) is 5.75 Å². The highest BCUT2D eigenvalue weighted by Gasteiger charge is 2.19. The number of aliphatic hydroxyl groups excluding tert-OH is 2. The molecule has 0 heterocycles. The SMILES string of the molecule is CCOc1ccc(C(O)C(O)CNC(=O)OCc2ccccc2)cc1. The van der Waals surface area contributed by atoms with E-state index in [1.165, 1.54) is 0 Å². The van der Waals surface area contributed by atoms with Gasteiger partial charge in [0.05, 0.1) is 6.61 Å². The van der Waals surface area contributed by atoms with Gasteiger partial charge in [0.1, 0.15) is 24.6 Å². The molecule has 0 saturated carbocycles. The van der Waals surface area contributed by atoms with E-state index in [-0.39, 0.29) is 13.2 Å². The maximum Gasteiger partial charge on any atom is 0.407 e. The average Bonchev–Trinajstić information content (AvgIpc) is 2.65. The van der Waals surface area contributed by atoms with Crippen molar-refractivity contribution in [3.63, 3.8) is 0 Å². The number of amides is 1. The molecule has 0 saturated heterocycles. The quantitative estimate of drug-likeness (QED) is 0.684. The zero-order valence-corrected chi connectivity index (χ0v) is 14.1. The molecular formula is C19H23NO5. The summed E-state index contributed by atoms with van der Waals surface area (Å²) in [6.45, 7) is 2.46. The third-order valence-electron chi connectivity index (χ3n) is 3.57. The number of hydrogen-bond donors (Lipinski definition) is 3. The highest BCUT2D eigenvalue weighted by molar-refractivity contribution is 5.67. The summed E-state index contributed by atoms with van der Waals surface area (Å²) in [7, 11) is 0. The molecule has 0 bridgehead atoms. The molecule has 0 aromatic heterocycles. The summed E-state index contributed by atoms with van der Waals surface area (Å²) in [5.41, 5.74) is 1.41. The van der Waals surface area contributed by atoms with Gasteiger partial charge in [0.2, 0.25) is 0 Å². The van der Waals surface area contributed by atoms with Crippen LogP contribution in [-0.2, 0) is 11.3 Å². The summed E-state index contributed by atoms with van der Waals surface area (Å²) in [4.78, 5) is 11.7. The molecule has 25 heavy (non-hydrogen) atoms. The van der Waals surface area contributed by atoms with Crippen molar-refractivity contribution >= 4 is 6.09 Å². The predicted molar refractivity (Wildman–Crippen MR) is 93.2 cm³/mol. The molecule has 0 aliphatic carbocycles. The Morgan fingerprint density at radius 3 is 2.40 bits per heavy atom. The van der Waals surface area contributed by atoms with Gasteiger partial charge in [-0.25, -0.2) is 4.79 Å². The Morgan fingerprint density at radius 2 is 1.76 bits per heavy atom. The summed E-state index contributed by atoms with van der Waals surface area (Å²) >= 11 is 0. The number of nitrogens with one attached hydrogen (secondary N) is 1. The second kappa shape index (κ2) is 9.66. The molecule has 134 valence electrons. The first-order chi connectivity index (χ1) is 12.1. The molecule has 0 fully saturated rings. The van der Waals surface area contributed by atoms with E-state index in [0.717, 1.165) is 5.56 Å². The van der Waals surface area contributed by atoms with Crippen LogP contribution in [0.3, 0.4) is 0 Å². The Bertz CT molecular complexity index is 645. The highest BCUT2D eigenvalue weighted by atomic mass is 16.5. The molecule has 0 aliphatic heterocycles. The van der Waals surface area contributed by atoms with Crippen molar-refractivity contribution in [2.24, 2.45) is 0 Å². The smallest absolute Gasteiger partial charge is 0.407 e. The van der Waals surface area contributed by atoms with E-state index in [1.54, 1.807) is 24.3 Å². The van der Waals surface area contributed by atoms with Gasteiger partial charge >= 0.3 is 6.09 Å². The molecule has 1 amide bonds. The number of aliphatic hydroxyl groups is 2. The zero-order valence-electron chi connectivity index (χ0n) is 14.1. The van der Waals surface area contributed by atoms with E-state index >= 15 is 0 Å². The van der Waals surface area contributed by atoms with Crippen molar-refractivity contribution < 1.29 is 24.5 Å². The van der Waals surface area contributed by atoms with Gasteiger partial charge in [-0.1, -0.05) is 42.5 Å². The Balaban J connectivity index is 1.76. The molecule has 2 rings (SSSR count). The van der Waals surface area contributed by atoms with E-state index in [4.69, 9.17) is 9.47 Å². The lowest BCUT2D eigenvalue weighted by Crippen LogP contribution is -2.35. The summed E-state index contributed by atoms with van der Waals surface area (Å²) in [6, 6.07) is 16.1. The van der Waals surface area contributed by atoms with Crippen LogP contribution in [0.1, 0.15) is 24.2 Å². The van der Waals surface area contributed by atoms with Crippen LogP contribution in [0.2, 0.25) is 0 Å². The fourth-order valence-electron chi connectivity index (χ4n) is 2.22. The fourth-order valence-corrected chi connectivity index (χ4v) is 2.22. The largest absolute Gasteiger partial charge is 0.494 e. The molecule has 3 N–H and O–H groups in total. The van der Waals surface area contributed by atoms with Crippen LogP contribution in [0.5, 0.6) is 5.75 Å². The van der Waals surface area contributed by atoms with Crippen LogP contribution in [0, 0.1) is 0 Å². The molecule has 6 nitrogen and oxygen atoms in total. The lowest BCUT2D eigenvalue weighted by Gasteiger charge is -2.19. The van der Waals surface area contributed by atoms with E-state index in [9.17, 15) is 15.0 Å². The van der Waals surface area contributed by atoms with Gasteiger partial charge < -0.3 is 25.0 Å². The molecule has 2 atom stereocenters. The highest BCUT2D eigenvalue weighted by Crippen LogP contribution is 2.20. The van der Waals surface area contributed by atoms with Crippen molar-refractivity contribution in [2.75, 3.05) is 13.2 Å². The first kappa shape index (κ1) is 18.8. The van der Waals surface area contributed by atoms with Crippen LogP contribution in [0.25, 0.3) is 0 Å². The lowest BCUT2D eigenvalue weighted by atomic mass is 10.0. The van der Waals surface area contributed by atoms with Gasteiger partial charge in [-0.3, -0.25) is 0 Å². The van der Waals surface area contributed by atoms with Gasteiger partial charge in [0.25, 0.3) is 0 Å². The van der Waals surface area contributed by atoms with Gasteiger partial charge in [-0.2, -0.15) is 0 Å². The molecule has 0 spiro atoms. The third-order valence-corrected chi connectivity index (χ3v) is 3.57. The molecular weight excluding hydrogens is 322 g/mol. The Kier molecular flexibility index (Phi) is 7.25. The van der Waals surface area contributed by atoms with Crippen LogP contribution in [0.15, 0.2) is 54.6 Å². The number of carbonyl (C=O) groups is 1. The van der Waals surface area contributed by atoms with Crippen molar-refractivity contribution in [2.45, 2.75) is 25.7 Å². The Hall–Kier alpha value is -2.57. The number of ether oxygens (including phenoxy) is 2. The standard InChI is InChI=1S/C19H23NO5/c1-2-24-16-10-8-15(9-11-16)18(22)17(21)12-20-19(23)25-13-14-6-4-3-5-7-14/h3-11,17-18,21-22H,2,12-13H2,1H3,(H,20,23). The average molecular weight is 345 g/mol. The predicted octanol–water partition coefficient (Wildman–Crippen LogP) is 2.41. The minimum atomic E-state index is -1.15. The van der Waals surface area contributed by atoms with Gasteiger partial charge in [0, 0.05) is 6.54 Å². The van der Waals surface area contributed by atoms with Gasteiger partial charge in [-0.15, -0.1) is 0 Å². The molecule has 0 aliphatic rings. The Labute approximate surface area is 147 Å². The van der Waals surface area contributed by atoms with Crippen LogP contribution >= 0.6 is 0 Å². The van der Waals surface area contributed by atoms with Gasteiger partial charge in [-0.05, 0) is 30.2 Å². The third kappa shape index (κ3) is 6.10. The number of alkyl carbamates (subject to hydrolysis) is 1. The monoisotopic (exact) mass is 345 g/mol. The zero-order chi connectivity index (χ0) is 18.1. The molecule has 2 unspecified atom stereocenters. The van der Waals surface area contributed by atoms with Gasteiger partial charge in [0.15, 0.2) is 0 Å². The summed E-state index contributed by atoms with van der Waals surface area (Å²) < 4.78 is 10.4. The maximum absolute atomic E-state index is 11.7. The second-order valence-corrected chi connectivity index (χ2v) is 5.46. The first-order valence-corrected chi connectivity index (χ1v) is 8.13. The minimum Gasteiger partial charge on any atom is -0.494 e. The second-order valence-electron chi connectivity index (χ2n) is 5.46. The van der Waals surface area contributed by atoms with E-state index in [0.29, 0.717) is 17.9 Å². The van der Waals surface area contributed by atoms with E-state index in [1.807, 2.05) is 37.3 Å². The lowest BCUT2D eigenvalue weighted by molar-refractivity contribution is 0.0184. The van der Waals surface area contributed by atoms with Crippen molar-refractivity contribution in [3.05, 3.63) is 65.7 Å².